The fraction of sp³-hybridized carbons (Fsp3) is 0. The monoisotopic (exact) mass is 353 g/mol. The third kappa shape index (κ3) is 4.21. The number of hydrogen-bond donors (Lipinski definition) is 2. The maximum absolute atomic E-state index is 13.2. The van der Waals surface area contributed by atoms with E-state index < -0.39 is 22.3 Å². The highest BCUT2D eigenvalue weighted by Gasteiger charge is 2.16. The molecule has 0 saturated carbocycles. The van der Waals surface area contributed by atoms with Crippen LogP contribution < -0.4 is 10.6 Å². The quantitative estimate of drug-likeness (QED) is 0.501. The molecule has 0 heterocycles. The molecule has 0 atom stereocenters. The highest BCUT2D eigenvalue weighted by Crippen LogP contribution is 2.21. The van der Waals surface area contributed by atoms with Crippen molar-refractivity contribution in [1.29, 1.82) is 0 Å². The summed E-state index contributed by atoms with van der Waals surface area (Å²) in [7, 11) is 0. The number of nitro groups is 1. The topological polar surface area (TPSA) is 84.3 Å². The standard InChI is InChI=1S/C14H9ClFN3O3S/c15-10-4-2-1-3-9(10)13(20)18-14(23)17-8-5-6-11(16)12(7-8)19(21)22/h1-7H,(H2,17,18,20,23). The van der Waals surface area contributed by atoms with Gasteiger partial charge in [-0.2, -0.15) is 4.39 Å². The fourth-order valence-electron chi connectivity index (χ4n) is 1.71. The number of amides is 1. The van der Waals surface area contributed by atoms with E-state index in [4.69, 9.17) is 23.8 Å². The molecule has 0 aliphatic heterocycles. The maximum Gasteiger partial charge on any atom is 0.306 e. The van der Waals surface area contributed by atoms with Gasteiger partial charge < -0.3 is 5.32 Å². The molecule has 0 aliphatic rings. The lowest BCUT2D eigenvalue weighted by atomic mass is 10.2. The number of nitrogens with one attached hydrogen (secondary N) is 2. The van der Waals surface area contributed by atoms with Gasteiger partial charge in [-0.25, -0.2) is 0 Å². The Morgan fingerprint density at radius 1 is 1.26 bits per heavy atom. The van der Waals surface area contributed by atoms with Gasteiger partial charge in [0.05, 0.1) is 15.5 Å². The highest BCUT2D eigenvalue weighted by molar-refractivity contribution is 7.80. The van der Waals surface area contributed by atoms with Gasteiger partial charge in [0.2, 0.25) is 5.82 Å². The van der Waals surface area contributed by atoms with Crippen LogP contribution in [0, 0.1) is 15.9 Å². The number of nitro benzene ring substituents is 1. The van der Waals surface area contributed by atoms with Crippen LogP contribution in [0.4, 0.5) is 15.8 Å². The van der Waals surface area contributed by atoms with Gasteiger partial charge in [0, 0.05) is 11.8 Å². The first-order chi connectivity index (χ1) is 10.9. The van der Waals surface area contributed by atoms with Crippen LogP contribution in [0.5, 0.6) is 0 Å². The summed E-state index contributed by atoms with van der Waals surface area (Å²) < 4.78 is 13.2. The molecule has 2 rings (SSSR count). The SMILES string of the molecule is O=C(NC(=S)Nc1ccc(F)c([N+](=O)[O-])c1)c1ccccc1Cl. The Morgan fingerprint density at radius 3 is 2.61 bits per heavy atom. The van der Waals surface area contributed by atoms with Gasteiger partial charge in [-0.3, -0.25) is 20.2 Å². The van der Waals surface area contributed by atoms with E-state index in [1.165, 1.54) is 12.1 Å². The molecule has 2 aromatic carbocycles. The van der Waals surface area contributed by atoms with Crippen molar-refractivity contribution < 1.29 is 14.1 Å². The minimum Gasteiger partial charge on any atom is -0.332 e. The molecule has 0 aromatic heterocycles. The minimum atomic E-state index is -0.966. The summed E-state index contributed by atoms with van der Waals surface area (Å²) in [6.45, 7) is 0. The molecule has 0 spiro atoms. The zero-order valence-corrected chi connectivity index (χ0v) is 13.0. The van der Waals surface area contributed by atoms with E-state index in [0.29, 0.717) is 0 Å². The molecule has 1 amide bonds. The fourth-order valence-corrected chi connectivity index (χ4v) is 2.14. The molecule has 2 aromatic rings. The van der Waals surface area contributed by atoms with E-state index >= 15 is 0 Å². The molecule has 0 saturated heterocycles. The van der Waals surface area contributed by atoms with Crippen LogP contribution in [-0.4, -0.2) is 15.9 Å². The predicted octanol–water partition coefficient (Wildman–Crippen LogP) is 3.51. The first-order valence-electron chi connectivity index (χ1n) is 6.19. The molecule has 0 aliphatic carbocycles. The Balaban J connectivity index is 2.08. The first kappa shape index (κ1) is 16.8. The Bertz CT molecular complexity index is 801. The Morgan fingerprint density at radius 2 is 1.96 bits per heavy atom. The molecular formula is C14H9ClFN3O3S. The summed E-state index contributed by atoms with van der Waals surface area (Å²) >= 11 is 10.8. The van der Waals surface area contributed by atoms with Gasteiger partial charge in [-0.15, -0.1) is 0 Å². The van der Waals surface area contributed by atoms with Crippen LogP contribution in [-0.2, 0) is 0 Å². The molecule has 118 valence electrons. The van der Waals surface area contributed by atoms with Crippen molar-refractivity contribution in [3.63, 3.8) is 0 Å². The summed E-state index contributed by atoms with van der Waals surface area (Å²) in [4.78, 5) is 21.8. The molecule has 0 fully saturated rings. The number of anilines is 1. The molecule has 9 heteroatoms. The van der Waals surface area contributed by atoms with Crippen molar-refractivity contribution in [1.82, 2.24) is 5.32 Å². The smallest absolute Gasteiger partial charge is 0.306 e. The van der Waals surface area contributed by atoms with Crippen LogP contribution in [0.2, 0.25) is 5.02 Å². The van der Waals surface area contributed by atoms with E-state index in [2.05, 4.69) is 10.6 Å². The van der Waals surface area contributed by atoms with Crippen LogP contribution in [0.3, 0.4) is 0 Å². The average Bonchev–Trinajstić information content (AvgIpc) is 2.49. The van der Waals surface area contributed by atoms with Gasteiger partial charge >= 0.3 is 5.69 Å². The van der Waals surface area contributed by atoms with Gasteiger partial charge in [-0.05, 0) is 36.5 Å². The second kappa shape index (κ2) is 7.12. The van der Waals surface area contributed by atoms with Crippen LogP contribution >= 0.6 is 23.8 Å². The number of benzene rings is 2. The van der Waals surface area contributed by atoms with Crippen LogP contribution in [0.15, 0.2) is 42.5 Å². The average molecular weight is 354 g/mol. The van der Waals surface area contributed by atoms with Crippen molar-refractivity contribution in [2.45, 2.75) is 0 Å². The van der Waals surface area contributed by atoms with Crippen molar-refractivity contribution in [2.24, 2.45) is 0 Å². The number of carbonyl (C=O) groups is 1. The van der Waals surface area contributed by atoms with Gasteiger partial charge in [0.15, 0.2) is 5.11 Å². The number of hydrogen-bond acceptors (Lipinski definition) is 4. The van der Waals surface area contributed by atoms with E-state index in [-0.39, 0.29) is 21.4 Å². The maximum atomic E-state index is 13.2. The number of nitrogens with zero attached hydrogens (tertiary/aromatic N) is 1. The van der Waals surface area contributed by atoms with Crippen molar-refractivity contribution >= 4 is 46.2 Å². The molecule has 2 N–H and O–H groups in total. The molecule has 23 heavy (non-hydrogen) atoms. The molecule has 0 bridgehead atoms. The molecule has 0 radical (unpaired) electrons. The zero-order valence-electron chi connectivity index (χ0n) is 11.4. The lowest BCUT2D eigenvalue weighted by Gasteiger charge is -2.10. The normalized spacial score (nSPS) is 10.0. The third-order valence-electron chi connectivity index (χ3n) is 2.75. The Kier molecular flexibility index (Phi) is 5.20. The van der Waals surface area contributed by atoms with Gasteiger partial charge in [-0.1, -0.05) is 23.7 Å². The zero-order chi connectivity index (χ0) is 17.0. The van der Waals surface area contributed by atoms with E-state index in [1.54, 1.807) is 18.2 Å². The number of thiocarbonyl (C=S) groups is 1. The van der Waals surface area contributed by atoms with Gasteiger partial charge in [0.1, 0.15) is 0 Å². The Labute approximate surface area is 140 Å². The van der Waals surface area contributed by atoms with Crippen molar-refractivity contribution in [2.75, 3.05) is 5.32 Å². The summed E-state index contributed by atoms with van der Waals surface area (Å²) in [5.41, 5.74) is -0.304. The number of carbonyl (C=O) groups excluding carboxylic acids is 1. The summed E-state index contributed by atoms with van der Waals surface area (Å²) in [5.74, 6) is -1.50. The minimum absolute atomic E-state index is 0.101. The lowest BCUT2D eigenvalue weighted by molar-refractivity contribution is -0.387. The number of halogens is 2. The lowest BCUT2D eigenvalue weighted by Crippen LogP contribution is -2.34. The first-order valence-corrected chi connectivity index (χ1v) is 6.98. The van der Waals surface area contributed by atoms with Crippen LogP contribution in [0.1, 0.15) is 10.4 Å². The molecular weight excluding hydrogens is 345 g/mol. The largest absolute Gasteiger partial charge is 0.332 e. The number of rotatable bonds is 3. The van der Waals surface area contributed by atoms with E-state index in [0.717, 1.165) is 12.1 Å². The van der Waals surface area contributed by atoms with Crippen molar-refractivity contribution in [3.8, 4) is 0 Å². The van der Waals surface area contributed by atoms with Crippen LogP contribution in [0.25, 0.3) is 0 Å². The summed E-state index contributed by atoms with van der Waals surface area (Å²) in [6.07, 6.45) is 0. The summed E-state index contributed by atoms with van der Waals surface area (Å²) in [6, 6.07) is 9.55. The van der Waals surface area contributed by atoms with E-state index in [1.807, 2.05) is 0 Å². The second-order valence-electron chi connectivity index (χ2n) is 4.31. The second-order valence-corrected chi connectivity index (χ2v) is 5.13. The van der Waals surface area contributed by atoms with Gasteiger partial charge in [0.25, 0.3) is 5.91 Å². The Hall–Kier alpha value is -2.58. The third-order valence-corrected chi connectivity index (χ3v) is 3.28. The van der Waals surface area contributed by atoms with Crippen molar-refractivity contribution in [3.05, 3.63) is 69.0 Å². The molecule has 0 unspecified atom stereocenters. The molecule has 6 nitrogen and oxygen atoms in total. The highest BCUT2D eigenvalue weighted by atomic mass is 35.5. The summed E-state index contributed by atoms with van der Waals surface area (Å²) in [5, 5.41) is 15.8. The van der Waals surface area contributed by atoms with E-state index in [9.17, 15) is 19.3 Å². The predicted molar refractivity (Wildman–Crippen MR) is 88.2 cm³/mol.